The van der Waals surface area contributed by atoms with E-state index >= 15 is 0 Å². The summed E-state index contributed by atoms with van der Waals surface area (Å²) in [7, 11) is 1.86. The summed E-state index contributed by atoms with van der Waals surface area (Å²) in [5.74, 6) is 1.19. The van der Waals surface area contributed by atoms with Crippen LogP contribution in [-0.2, 0) is 9.59 Å². The molecule has 0 aromatic carbocycles. The maximum atomic E-state index is 11.0. The van der Waals surface area contributed by atoms with E-state index in [0.717, 1.165) is 32.2 Å². The van der Waals surface area contributed by atoms with E-state index in [4.69, 9.17) is 0 Å². The molecule has 0 aliphatic carbocycles. The standard InChI is InChI=1S/C9H15NO.C6H11NO/c1-4-7(3)6-8-9(11)10(8)5-2;1-7-5-3-2-4-6(7)8/h5,7-8H,2,4,6H2,1,3H3;2-5H2,1H3. The van der Waals surface area contributed by atoms with Crippen molar-refractivity contribution in [1.82, 2.24) is 9.80 Å². The minimum absolute atomic E-state index is 0.155. The third-order valence-electron chi connectivity index (χ3n) is 3.89. The minimum atomic E-state index is 0.155. The molecule has 19 heavy (non-hydrogen) atoms. The second kappa shape index (κ2) is 7.31. The van der Waals surface area contributed by atoms with Crippen LogP contribution < -0.4 is 0 Å². The second-order valence-corrected chi connectivity index (χ2v) is 5.47. The Morgan fingerprint density at radius 2 is 2.11 bits per heavy atom. The van der Waals surface area contributed by atoms with E-state index in [2.05, 4.69) is 20.4 Å². The molecule has 0 radical (unpaired) electrons. The van der Waals surface area contributed by atoms with Gasteiger partial charge in [0.25, 0.3) is 0 Å². The molecule has 2 aliphatic heterocycles. The Balaban J connectivity index is 0.000000200. The zero-order valence-corrected chi connectivity index (χ0v) is 12.4. The quantitative estimate of drug-likeness (QED) is 0.733. The molecular weight excluding hydrogens is 240 g/mol. The summed E-state index contributed by atoms with van der Waals surface area (Å²) in [5, 5.41) is 0. The van der Waals surface area contributed by atoms with Crippen LogP contribution in [-0.4, -0.2) is 41.2 Å². The third kappa shape index (κ3) is 4.69. The van der Waals surface area contributed by atoms with Gasteiger partial charge in [-0.25, -0.2) is 0 Å². The largest absolute Gasteiger partial charge is 0.346 e. The molecule has 0 spiro atoms. The molecule has 2 heterocycles. The molecular formula is C15H26N2O2. The van der Waals surface area contributed by atoms with Gasteiger partial charge in [0, 0.05) is 26.2 Å². The Labute approximate surface area is 116 Å². The van der Waals surface area contributed by atoms with Gasteiger partial charge in [0.15, 0.2) is 0 Å². The molecule has 0 bridgehead atoms. The van der Waals surface area contributed by atoms with Crippen LogP contribution in [0.25, 0.3) is 0 Å². The Bertz CT molecular complexity index is 341. The molecule has 0 saturated carbocycles. The Kier molecular flexibility index (Phi) is 6.06. The van der Waals surface area contributed by atoms with Gasteiger partial charge in [-0.2, -0.15) is 0 Å². The van der Waals surface area contributed by atoms with Gasteiger partial charge >= 0.3 is 0 Å². The molecule has 2 fully saturated rings. The van der Waals surface area contributed by atoms with Crippen LogP contribution in [0.2, 0.25) is 0 Å². The number of piperidine rings is 1. The van der Waals surface area contributed by atoms with Crippen LogP contribution in [0.3, 0.4) is 0 Å². The fourth-order valence-electron chi connectivity index (χ4n) is 2.15. The van der Waals surface area contributed by atoms with Crippen molar-refractivity contribution in [2.45, 2.75) is 52.0 Å². The van der Waals surface area contributed by atoms with Gasteiger partial charge < -0.3 is 9.80 Å². The molecule has 0 aromatic heterocycles. The first-order valence-electron chi connectivity index (χ1n) is 7.19. The summed E-state index contributed by atoms with van der Waals surface area (Å²) in [4.78, 5) is 25.2. The van der Waals surface area contributed by atoms with Gasteiger partial charge in [0.2, 0.25) is 11.8 Å². The van der Waals surface area contributed by atoms with Crippen LogP contribution in [0, 0.1) is 5.92 Å². The Morgan fingerprint density at radius 1 is 1.42 bits per heavy atom. The molecule has 2 rings (SSSR count). The lowest BCUT2D eigenvalue weighted by molar-refractivity contribution is -0.131. The van der Waals surface area contributed by atoms with Crippen molar-refractivity contribution in [3.05, 3.63) is 12.8 Å². The van der Waals surface area contributed by atoms with Crippen molar-refractivity contribution < 1.29 is 9.59 Å². The first-order chi connectivity index (χ1) is 9.01. The maximum Gasteiger partial charge on any atom is 0.250 e. The molecule has 2 saturated heterocycles. The average molecular weight is 266 g/mol. The zero-order valence-electron chi connectivity index (χ0n) is 12.4. The number of carbonyl (C=O) groups is 2. The van der Waals surface area contributed by atoms with Crippen LogP contribution in [0.1, 0.15) is 46.0 Å². The van der Waals surface area contributed by atoms with Crippen molar-refractivity contribution >= 4 is 11.8 Å². The lowest BCUT2D eigenvalue weighted by atomic mass is 10.0. The van der Waals surface area contributed by atoms with E-state index in [-0.39, 0.29) is 11.9 Å². The normalized spacial score (nSPS) is 23.6. The Morgan fingerprint density at radius 3 is 2.47 bits per heavy atom. The van der Waals surface area contributed by atoms with Crippen LogP contribution in [0.5, 0.6) is 0 Å². The van der Waals surface area contributed by atoms with E-state index in [1.54, 1.807) is 16.0 Å². The fourth-order valence-corrected chi connectivity index (χ4v) is 2.15. The predicted octanol–water partition coefficient (Wildman–Crippen LogP) is 2.41. The van der Waals surface area contributed by atoms with Crippen molar-refractivity contribution in [2.24, 2.45) is 5.92 Å². The smallest absolute Gasteiger partial charge is 0.250 e. The molecule has 0 N–H and O–H groups in total. The average Bonchev–Trinajstić information content (AvgIpc) is 3.02. The summed E-state index contributed by atoms with van der Waals surface area (Å²) in [5.41, 5.74) is 0. The number of amides is 2. The highest BCUT2D eigenvalue weighted by Crippen LogP contribution is 2.27. The highest BCUT2D eigenvalue weighted by molar-refractivity contribution is 5.97. The monoisotopic (exact) mass is 266 g/mol. The van der Waals surface area contributed by atoms with Gasteiger partial charge in [-0.15, -0.1) is 0 Å². The van der Waals surface area contributed by atoms with Crippen molar-refractivity contribution in [1.29, 1.82) is 0 Å². The van der Waals surface area contributed by atoms with Gasteiger partial charge in [-0.05, 0) is 25.2 Å². The highest BCUT2D eigenvalue weighted by Gasteiger charge is 2.43. The van der Waals surface area contributed by atoms with E-state index in [0.29, 0.717) is 11.8 Å². The SMILES string of the molecule is C=CN1C(=O)C1CC(C)CC.CN1CCCCC1=O. The zero-order chi connectivity index (χ0) is 14.4. The van der Waals surface area contributed by atoms with E-state index < -0.39 is 0 Å². The number of nitrogens with zero attached hydrogens (tertiary/aromatic N) is 2. The molecule has 4 nitrogen and oxygen atoms in total. The first kappa shape index (κ1) is 15.7. The maximum absolute atomic E-state index is 11.0. The summed E-state index contributed by atoms with van der Waals surface area (Å²) in [6.07, 6.45) is 6.79. The van der Waals surface area contributed by atoms with Crippen molar-refractivity contribution in [3.63, 3.8) is 0 Å². The molecule has 4 heteroatoms. The molecule has 2 amide bonds. The molecule has 2 atom stereocenters. The lowest BCUT2D eigenvalue weighted by Crippen LogP contribution is -2.31. The molecule has 0 aromatic rings. The summed E-state index contributed by atoms with van der Waals surface area (Å²) in [6.45, 7) is 8.84. The van der Waals surface area contributed by atoms with Gasteiger partial charge in [0.1, 0.15) is 6.04 Å². The van der Waals surface area contributed by atoms with Crippen LogP contribution in [0.4, 0.5) is 0 Å². The Hall–Kier alpha value is -1.32. The third-order valence-corrected chi connectivity index (χ3v) is 3.89. The van der Waals surface area contributed by atoms with Gasteiger partial charge in [-0.3, -0.25) is 9.59 Å². The van der Waals surface area contributed by atoms with E-state index in [1.165, 1.54) is 6.42 Å². The van der Waals surface area contributed by atoms with Gasteiger partial charge in [0.05, 0.1) is 0 Å². The van der Waals surface area contributed by atoms with Crippen LogP contribution in [0.15, 0.2) is 12.8 Å². The fraction of sp³-hybridized carbons (Fsp3) is 0.733. The van der Waals surface area contributed by atoms with Crippen LogP contribution >= 0.6 is 0 Å². The van der Waals surface area contributed by atoms with Gasteiger partial charge in [-0.1, -0.05) is 26.8 Å². The summed E-state index contributed by atoms with van der Waals surface area (Å²) >= 11 is 0. The predicted molar refractivity (Wildman–Crippen MR) is 76.4 cm³/mol. The number of hydrogen-bond acceptors (Lipinski definition) is 2. The molecule has 2 unspecified atom stereocenters. The number of carbonyl (C=O) groups excluding carboxylic acids is 2. The van der Waals surface area contributed by atoms with Crippen molar-refractivity contribution in [2.75, 3.05) is 13.6 Å². The van der Waals surface area contributed by atoms with E-state index in [1.807, 2.05) is 7.05 Å². The highest BCUT2D eigenvalue weighted by atomic mass is 16.2. The summed E-state index contributed by atoms with van der Waals surface area (Å²) in [6, 6.07) is 0.155. The molecule has 108 valence electrons. The second-order valence-electron chi connectivity index (χ2n) is 5.47. The minimum Gasteiger partial charge on any atom is -0.346 e. The lowest BCUT2D eigenvalue weighted by Gasteiger charge is -2.21. The number of rotatable bonds is 4. The van der Waals surface area contributed by atoms with E-state index in [9.17, 15) is 9.59 Å². The molecule has 2 aliphatic rings. The number of likely N-dealkylation sites (tertiary alicyclic amines) is 1. The summed E-state index contributed by atoms with van der Waals surface area (Å²) < 4.78 is 0. The number of hydrogen-bond donors (Lipinski definition) is 0. The van der Waals surface area contributed by atoms with Crippen molar-refractivity contribution in [3.8, 4) is 0 Å². The first-order valence-corrected chi connectivity index (χ1v) is 7.19. The topological polar surface area (TPSA) is 40.4 Å².